The summed E-state index contributed by atoms with van der Waals surface area (Å²) in [5.41, 5.74) is 1.01. The SMILES string of the molecule is COC(=O)c1cnc2ncc[nH]c1-2. The van der Waals surface area contributed by atoms with Gasteiger partial charge in [0.25, 0.3) is 0 Å². The van der Waals surface area contributed by atoms with E-state index >= 15 is 0 Å². The average Bonchev–Trinajstić information content (AvgIpc) is 2.60. The quantitative estimate of drug-likeness (QED) is 0.651. The number of ether oxygens (including phenoxy) is 1. The summed E-state index contributed by atoms with van der Waals surface area (Å²) < 4.78 is 4.58. The summed E-state index contributed by atoms with van der Waals surface area (Å²) in [4.78, 5) is 22.0. The van der Waals surface area contributed by atoms with Gasteiger partial charge in [0.2, 0.25) is 0 Å². The second-order valence-corrected chi connectivity index (χ2v) is 2.45. The highest BCUT2D eigenvalue weighted by Gasteiger charge is 2.18. The zero-order valence-corrected chi connectivity index (χ0v) is 6.94. The molecule has 2 aliphatic rings. The molecule has 13 heavy (non-hydrogen) atoms. The minimum Gasteiger partial charge on any atom is -0.465 e. The van der Waals surface area contributed by atoms with Gasteiger partial charge in [-0.2, -0.15) is 0 Å². The molecule has 0 radical (unpaired) electrons. The van der Waals surface area contributed by atoms with Crippen LogP contribution in [0.1, 0.15) is 10.4 Å². The van der Waals surface area contributed by atoms with Gasteiger partial charge < -0.3 is 9.72 Å². The number of hydrogen-bond donors (Lipinski definition) is 1. The third-order valence-electron chi connectivity index (χ3n) is 1.71. The van der Waals surface area contributed by atoms with Crippen molar-refractivity contribution in [1.82, 2.24) is 15.0 Å². The lowest BCUT2D eigenvalue weighted by Crippen LogP contribution is -2.01. The molecule has 5 nitrogen and oxygen atoms in total. The molecule has 2 heterocycles. The molecule has 0 aromatic carbocycles. The van der Waals surface area contributed by atoms with E-state index in [1.165, 1.54) is 13.3 Å². The monoisotopic (exact) mass is 177 g/mol. The van der Waals surface area contributed by atoms with Gasteiger partial charge in [-0.1, -0.05) is 0 Å². The number of fused-ring (bicyclic) bond motifs is 1. The maximum Gasteiger partial charge on any atom is 0.341 e. The van der Waals surface area contributed by atoms with Crippen molar-refractivity contribution in [2.75, 3.05) is 7.11 Å². The number of carbonyl (C=O) groups is 1. The van der Waals surface area contributed by atoms with Crippen LogP contribution in [0.5, 0.6) is 0 Å². The maximum absolute atomic E-state index is 11.2. The van der Waals surface area contributed by atoms with Gasteiger partial charge >= 0.3 is 5.97 Å². The van der Waals surface area contributed by atoms with E-state index < -0.39 is 5.97 Å². The lowest BCUT2D eigenvalue weighted by molar-refractivity contribution is 0.0601. The Balaban J connectivity index is 2.55. The van der Waals surface area contributed by atoms with E-state index in [0.717, 1.165) is 0 Å². The van der Waals surface area contributed by atoms with Crippen LogP contribution in [-0.4, -0.2) is 28.0 Å². The Morgan fingerprint density at radius 3 is 3.15 bits per heavy atom. The average molecular weight is 177 g/mol. The molecule has 66 valence electrons. The highest BCUT2D eigenvalue weighted by atomic mass is 16.5. The third kappa shape index (κ3) is 1.14. The highest BCUT2D eigenvalue weighted by Crippen LogP contribution is 2.19. The fourth-order valence-corrected chi connectivity index (χ4v) is 1.11. The Labute approximate surface area is 74.1 Å². The number of aromatic amines is 1. The van der Waals surface area contributed by atoms with Crippen molar-refractivity contribution in [3.8, 4) is 11.5 Å². The molecule has 0 saturated carbocycles. The maximum atomic E-state index is 11.2. The number of H-pyrrole nitrogens is 1. The number of aromatic nitrogens is 3. The van der Waals surface area contributed by atoms with Crippen molar-refractivity contribution in [3.05, 3.63) is 24.2 Å². The topological polar surface area (TPSA) is 67.9 Å². The van der Waals surface area contributed by atoms with Crippen LogP contribution in [0, 0.1) is 0 Å². The normalized spacial score (nSPS) is 10.2. The van der Waals surface area contributed by atoms with Crippen LogP contribution >= 0.6 is 0 Å². The largest absolute Gasteiger partial charge is 0.465 e. The van der Waals surface area contributed by atoms with E-state index in [1.54, 1.807) is 12.4 Å². The Morgan fingerprint density at radius 1 is 1.54 bits per heavy atom. The zero-order chi connectivity index (χ0) is 9.26. The van der Waals surface area contributed by atoms with Crippen LogP contribution in [0.3, 0.4) is 0 Å². The summed E-state index contributed by atoms with van der Waals surface area (Å²) in [6.07, 6.45) is 4.66. The van der Waals surface area contributed by atoms with Crippen molar-refractivity contribution in [1.29, 1.82) is 0 Å². The minimum absolute atomic E-state index is 0.408. The molecule has 0 aliphatic carbocycles. The zero-order valence-electron chi connectivity index (χ0n) is 6.94. The Kier molecular flexibility index (Phi) is 1.70. The number of methoxy groups -OCH3 is 1. The first-order valence-corrected chi connectivity index (χ1v) is 3.69. The summed E-state index contributed by atoms with van der Waals surface area (Å²) in [6, 6.07) is 0. The van der Waals surface area contributed by atoms with Crippen molar-refractivity contribution < 1.29 is 9.53 Å². The van der Waals surface area contributed by atoms with E-state index in [9.17, 15) is 4.79 Å². The van der Waals surface area contributed by atoms with Crippen molar-refractivity contribution in [3.63, 3.8) is 0 Å². The molecule has 2 aliphatic heterocycles. The first-order valence-electron chi connectivity index (χ1n) is 3.69. The van der Waals surface area contributed by atoms with Gasteiger partial charge in [0.05, 0.1) is 12.8 Å². The molecule has 0 fully saturated rings. The molecule has 0 saturated heterocycles. The van der Waals surface area contributed by atoms with Crippen molar-refractivity contribution in [2.45, 2.75) is 0 Å². The molecule has 5 heteroatoms. The lowest BCUT2D eigenvalue weighted by atomic mass is 10.2. The molecule has 0 unspecified atom stereocenters. The number of esters is 1. The first-order chi connectivity index (χ1) is 6.33. The molecule has 0 aromatic rings. The summed E-state index contributed by atoms with van der Waals surface area (Å²) >= 11 is 0. The van der Waals surface area contributed by atoms with Crippen LogP contribution in [0.2, 0.25) is 0 Å². The van der Waals surface area contributed by atoms with Gasteiger partial charge in [-0.25, -0.2) is 14.8 Å². The van der Waals surface area contributed by atoms with Gasteiger partial charge in [-0.15, -0.1) is 0 Å². The predicted octanol–water partition coefficient (Wildman–Crippen LogP) is 0.696. The van der Waals surface area contributed by atoms with E-state index in [4.69, 9.17) is 0 Å². The van der Waals surface area contributed by atoms with Crippen LogP contribution in [0.15, 0.2) is 18.6 Å². The number of rotatable bonds is 1. The first kappa shape index (κ1) is 7.72. The fourth-order valence-electron chi connectivity index (χ4n) is 1.11. The highest BCUT2D eigenvalue weighted by molar-refractivity contribution is 5.95. The number of carbonyl (C=O) groups excluding carboxylic acids is 1. The summed E-state index contributed by atoms with van der Waals surface area (Å²) in [5.74, 6) is 0.106. The molecular formula is C8H7N3O2. The molecule has 0 aromatic heterocycles. The molecule has 2 rings (SSSR count). The molecule has 0 atom stereocenters. The number of nitrogens with one attached hydrogen (secondary N) is 1. The van der Waals surface area contributed by atoms with Crippen molar-refractivity contribution >= 4 is 5.97 Å². The molecular weight excluding hydrogens is 170 g/mol. The van der Waals surface area contributed by atoms with Crippen LogP contribution < -0.4 is 0 Å². The summed E-state index contributed by atoms with van der Waals surface area (Å²) in [7, 11) is 1.33. The van der Waals surface area contributed by atoms with E-state index in [0.29, 0.717) is 17.1 Å². The second-order valence-electron chi connectivity index (χ2n) is 2.45. The minimum atomic E-state index is -0.410. The van der Waals surface area contributed by atoms with E-state index in [-0.39, 0.29) is 0 Å². The summed E-state index contributed by atoms with van der Waals surface area (Å²) in [6.45, 7) is 0. The Bertz CT molecular complexity index is 410. The molecule has 0 spiro atoms. The fraction of sp³-hybridized carbons (Fsp3) is 0.125. The number of hydrogen-bond acceptors (Lipinski definition) is 4. The standard InChI is InChI=1S/C8H7N3O2/c1-13-8(12)5-4-11-7-6(5)9-2-3-10-7/h2-4,9H,1H3. The van der Waals surface area contributed by atoms with Crippen molar-refractivity contribution in [2.24, 2.45) is 0 Å². The smallest absolute Gasteiger partial charge is 0.341 e. The molecule has 0 amide bonds. The third-order valence-corrected chi connectivity index (χ3v) is 1.71. The second kappa shape index (κ2) is 2.85. The molecule has 1 N–H and O–H groups in total. The van der Waals surface area contributed by atoms with Gasteiger partial charge in [-0.05, 0) is 0 Å². The summed E-state index contributed by atoms with van der Waals surface area (Å²) in [5, 5.41) is 0. The predicted molar refractivity (Wildman–Crippen MR) is 44.3 cm³/mol. The van der Waals surface area contributed by atoms with Gasteiger partial charge in [0.15, 0.2) is 5.82 Å². The van der Waals surface area contributed by atoms with Crippen LogP contribution in [0.25, 0.3) is 11.5 Å². The Morgan fingerprint density at radius 2 is 2.38 bits per heavy atom. The van der Waals surface area contributed by atoms with Gasteiger partial charge in [0, 0.05) is 18.6 Å². The van der Waals surface area contributed by atoms with Gasteiger partial charge in [0.1, 0.15) is 5.56 Å². The lowest BCUT2D eigenvalue weighted by Gasteiger charge is -1.98. The van der Waals surface area contributed by atoms with Crippen LogP contribution in [-0.2, 0) is 4.74 Å². The van der Waals surface area contributed by atoms with Gasteiger partial charge in [-0.3, -0.25) is 0 Å². The van der Waals surface area contributed by atoms with Crippen LogP contribution in [0.4, 0.5) is 0 Å². The number of nitrogens with zero attached hydrogens (tertiary/aromatic N) is 2. The van der Waals surface area contributed by atoms with E-state index in [1.807, 2.05) is 0 Å². The Hall–Kier alpha value is -1.91. The van der Waals surface area contributed by atoms with E-state index in [2.05, 4.69) is 19.7 Å². The molecule has 0 bridgehead atoms.